The molecule has 0 bridgehead atoms. The summed E-state index contributed by atoms with van der Waals surface area (Å²) in [6.45, 7) is 1.95. The van der Waals surface area contributed by atoms with Gasteiger partial charge < -0.3 is 0 Å². The van der Waals surface area contributed by atoms with Gasteiger partial charge in [0, 0.05) is 22.4 Å². The van der Waals surface area contributed by atoms with Crippen LogP contribution in [0.1, 0.15) is 48.7 Å². The van der Waals surface area contributed by atoms with Gasteiger partial charge in [-0.2, -0.15) is 5.26 Å². The molecular weight excluding hydrogens is 428 g/mol. The van der Waals surface area contributed by atoms with E-state index >= 15 is 0 Å². The van der Waals surface area contributed by atoms with Crippen molar-refractivity contribution >= 4 is 23.3 Å². The Labute approximate surface area is 195 Å². The largest absolute Gasteiger partial charge is 0.288 e. The van der Waals surface area contributed by atoms with Gasteiger partial charge in [-0.25, -0.2) is 4.98 Å². The topological polar surface area (TPSA) is 70.8 Å². The molecule has 33 heavy (non-hydrogen) atoms. The van der Waals surface area contributed by atoms with Gasteiger partial charge in [0.25, 0.3) is 0 Å². The second-order valence-electron chi connectivity index (χ2n) is 7.85. The van der Waals surface area contributed by atoms with Crippen LogP contribution in [0, 0.1) is 18.3 Å². The summed E-state index contributed by atoms with van der Waals surface area (Å²) in [6, 6.07) is 26.5. The number of pyridine rings is 1. The summed E-state index contributed by atoms with van der Waals surface area (Å²) in [5, 5.41) is 10.5. The number of thioether (sulfide) groups is 1. The van der Waals surface area contributed by atoms with Gasteiger partial charge in [-0.05, 0) is 18.1 Å². The predicted octanol–water partition coefficient (Wildman–Crippen LogP) is 6.00. The minimum absolute atomic E-state index is 0.101. The Bertz CT molecular complexity index is 1450. The van der Waals surface area contributed by atoms with Crippen molar-refractivity contribution in [3.05, 3.63) is 118 Å². The van der Waals surface area contributed by atoms with Crippen molar-refractivity contribution in [3.8, 4) is 17.2 Å². The lowest BCUT2D eigenvalue weighted by molar-refractivity contribution is 0.100. The molecule has 5 heteroatoms. The lowest BCUT2D eigenvalue weighted by atomic mass is 9.96. The van der Waals surface area contributed by atoms with Crippen molar-refractivity contribution in [3.63, 3.8) is 0 Å². The third-order valence-electron chi connectivity index (χ3n) is 5.69. The zero-order valence-electron chi connectivity index (χ0n) is 17.8. The van der Waals surface area contributed by atoms with Crippen LogP contribution < -0.4 is 0 Å². The number of nitrogens with zero attached hydrogens (tertiary/aromatic N) is 2. The first-order valence-corrected chi connectivity index (χ1v) is 11.5. The zero-order chi connectivity index (χ0) is 22.9. The maximum Gasteiger partial charge on any atom is 0.212 e. The van der Waals surface area contributed by atoms with Crippen molar-refractivity contribution in [1.82, 2.24) is 4.98 Å². The summed E-state index contributed by atoms with van der Waals surface area (Å²) in [5.74, 6) is 0.00726. The maximum atomic E-state index is 13.5. The zero-order valence-corrected chi connectivity index (χ0v) is 18.6. The van der Waals surface area contributed by atoms with Gasteiger partial charge >= 0.3 is 0 Å². The van der Waals surface area contributed by atoms with E-state index in [0.29, 0.717) is 38.6 Å². The number of hydrogen-bond acceptors (Lipinski definition) is 5. The molecule has 1 heterocycles. The van der Waals surface area contributed by atoms with Crippen molar-refractivity contribution < 1.29 is 9.59 Å². The standard InChI is InChI=1S/C28H18N2O2S/c1-17-11-13-19(14-12-17)26(31)25-24-23(20-9-5-6-10-21(20)27(24)32)22(15-29)28(30-25)33-16-18-7-3-2-4-8-18/h2-14H,16H2,1H3. The molecule has 0 unspecified atom stereocenters. The van der Waals surface area contributed by atoms with Gasteiger partial charge in [0.15, 0.2) is 5.78 Å². The molecule has 0 radical (unpaired) electrons. The molecule has 0 fully saturated rings. The van der Waals surface area contributed by atoms with Crippen LogP contribution >= 0.6 is 11.8 Å². The first kappa shape index (κ1) is 20.9. The van der Waals surface area contributed by atoms with Crippen LogP contribution in [0.5, 0.6) is 0 Å². The molecule has 0 atom stereocenters. The molecule has 0 amide bonds. The molecule has 1 aliphatic carbocycles. The van der Waals surface area contributed by atoms with Crippen molar-refractivity contribution in [2.24, 2.45) is 0 Å². The van der Waals surface area contributed by atoms with Crippen LogP contribution in [0.4, 0.5) is 0 Å². The number of aromatic nitrogens is 1. The fourth-order valence-corrected chi connectivity index (χ4v) is 4.97. The molecule has 0 saturated carbocycles. The highest BCUT2D eigenvalue weighted by Gasteiger charge is 2.36. The van der Waals surface area contributed by atoms with Crippen molar-refractivity contribution in [1.29, 1.82) is 5.26 Å². The summed E-state index contributed by atoms with van der Waals surface area (Å²) in [7, 11) is 0. The van der Waals surface area contributed by atoms with Crippen LogP contribution in [0.2, 0.25) is 0 Å². The average Bonchev–Trinajstić information content (AvgIpc) is 3.15. The molecule has 0 saturated heterocycles. The van der Waals surface area contributed by atoms with Gasteiger partial charge in [0.05, 0.1) is 11.1 Å². The maximum absolute atomic E-state index is 13.5. The number of benzene rings is 3. The number of aryl methyl sites for hydroxylation is 1. The first-order chi connectivity index (χ1) is 16.1. The van der Waals surface area contributed by atoms with E-state index in [4.69, 9.17) is 0 Å². The fourth-order valence-electron chi connectivity index (χ4n) is 4.03. The quantitative estimate of drug-likeness (QED) is 0.245. The number of carbonyl (C=O) groups excluding carboxylic acids is 2. The van der Waals surface area contributed by atoms with E-state index < -0.39 is 0 Å². The Morgan fingerprint density at radius 2 is 1.58 bits per heavy atom. The molecule has 1 aliphatic rings. The number of rotatable bonds is 5. The van der Waals surface area contributed by atoms with Crippen LogP contribution in [-0.2, 0) is 5.75 Å². The van der Waals surface area contributed by atoms with E-state index in [1.807, 2.05) is 61.5 Å². The highest BCUT2D eigenvalue weighted by Crippen LogP contribution is 2.43. The minimum atomic E-state index is -0.321. The molecule has 0 N–H and O–H groups in total. The number of carbonyl (C=O) groups is 2. The molecule has 0 aliphatic heterocycles. The second kappa shape index (κ2) is 8.50. The summed E-state index contributed by atoms with van der Waals surface area (Å²) < 4.78 is 0. The molecule has 4 aromatic rings. The number of ketones is 2. The highest BCUT2D eigenvalue weighted by molar-refractivity contribution is 7.98. The van der Waals surface area contributed by atoms with E-state index in [2.05, 4.69) is 11.1 Å². The van der Waals surface area contributed by atoms with E-state index in [1.165, 1.54) is 11.8 Å². The Kier molecular flexibility index (Phi) is 5.37. The summed E-state index contributed by atoms with van der Waals surface area (Å²) in [6.07, 6.45) is 0. The Balaban J connectivity index is 1.70. The van der Waals surface area contributed by atoms with E-state index in [1.54, 1.807) is 24.3 Å². The third kappa shape index (κ3) is 3.65. The number of hydrogen-bond donors (Lipinski definition) is 0. The molecular formula is C28H18N2O2S. The third-order valence-corrected chi connectivity index (χ3v) is 6.74. The predicted molar refractivity (Wildman–Crippen MR) is 128 cm³/mol. The van der Waals surface area contributed by atoms with E-state index in [9.17, 15) is 14.9 Å². The van der Waals surface area contributed by atoms with E-state index in [0.717, 1.165) is 11.1 Å². The molecule has 4 nitrogen and oxygen atoms in total. The van der Waals surface area contributed by atoms with Gasteiger partial charge in [0.1, 0.15) is 16.8 Å². The Morgan fingerprint density at radius 1 is 0.909 bits per heavy atom. The van der Waals surface area contributed by atoms with Gasteiger partial charge in [-0.15, -0.1) is 11.8 Å². The Hall–Kier alpha value is -4.01. The van der Waals surface area contributed by atoms with Crippen molar-refractivity contribution in [2.45, 2.75) is 17.7 Å². The summed E-state index contributed by atoms with van der Waals surface area (Å²) in [4.78, 5) is 31.5. The lowest BCUT2D eigenvalue weighted by Crippen LogP contribution is -2.13. The Morgan fingerprint density at radius 3 is 2.27 bits per heavy atom. The minimum Gasteiger partial charge on any atom is -0.288 e. The highest BCUT2D eigenvalue weighted by atomic mass is 32.2. The van der Waals surface area contributed by atoms with Crippen LogP contribution in [0.25, 0.3) is 11.1 Å². The molecule has 1 aromatic heterocycles. The second-order valence-corrected chi connectivity index (χ2v) is 8.81. The molecule has 3 aromatic carbocycles. The summed E-state index contributed by atoms with van der Waals surface area (Å²) >= 11 is 1.40. The lowest BCUT2D eigenvalue weighted by Gasteiger charge is -2.13. The SMILES string of the molecule is Cc1ccc(C(=O)c2nc(SCc3ccccc3)c(C#N)c3c2C(=O)c2ccccc2-3)cc1. The summed E-state index contributed by atoms with van der Waals surface area (Å²) in [5.41, 5.74) is 4.92. The van der Waals surface area contributed by atoms with E-state index in [-0.39, 0.29) is 22.8 Å². The van der Waals surface area contributed by atoms with Crippen molar-refractivity contribution in [2.75, 3.05) is 0 Å². The van der Waals surface area contributed by atoms with Gasteiger partial charge in [-0.1, -0.05) is 84.4 Å². The normalized spacial score (nSPS) is 11.6. The van der Waals surface area contributed by atoms with Crippen LogP contribution in [0.15, 0.2) is 83.9 Å². The van der Waals surface area contributed by atoms with Gasteiger partial charge in [-0.3, -0.25) is 9.59 Å². The van der Waals surface area contributed by atoms with Gasteiger partial charge in [0.2, 0.25) is 5.78 Å². The smallest absolute Gasteiger partial charge is 0.212 e. The molecule has 158 valence electrons. The van der Waals surface area contributed by atoms with Crippen LogP contribution in [0.3, 0.4) is 0 Å². The van der Waals surface area contributed by atoms with Crippen LogP contribution in [-0.4, -0.2) is 16.6 Å². The first-order valence-electron chi connectivity index (χ1n) is 10.5. The number of fused-ring (bicyclic) bond motifs is 3. The molecule has 5 rings (SSSR count). The fraction of sp³-hybridized carbons (Fsp3) is 0.0714. The molecule has 0 spiro atoms. The monoisotopic (exact) mass is 446 g/mol. The average molecular weight is 447 g/mol. The number of nitriles is 1.